The molecule has 7 heterocycles. The van der Waals surface area contributed by atoms with Crippen molar-refractivity contribution in [1.29, 1.82) is 0 Å². The molecule has 1 N–H and O–H groups in total. The normalized spacial score (nSPS) is 29.1. The highest BCUT2D eigenvalue weighted by Gasteiger charge is 2.62. The highest BCUT2D eigenvalue weighted by Crippen LogP contribution is 2.51. The number of amides is 1. The molecule has 11 heteroatoms. The summed E-state index contributed by atoms with van der Waals surface area (Å²) in [5.41, 5.74) is 1.24. The van der Waals surface area contributed by atoms with Crippen LogP contribution in [0.3, 0.4) is 0 Å². The van der Waals surface area contributed by atoms with Crippen molar-refractivity contribution in [3.63, 3.8) is 0 Å². The highest BCUT2D eigenvalue weighted by molar-refractivity contribution is 6.00. The molecular formula is C34H34F2N6O3. The third-order valence-corrected chi connectivity index (χ3v) is 10.7. The summed E-state index contributed by atoms with van der Waals surface area (Å²) in [6.45, 7) is 2.93. The number of rotatable bonds is 3. The third kappa shape index (κ3) is 4.34. The Bertz CT molecular complexity index is 1870. The fourth-order valence-electron chi connectivity index (χ4n) is 8.49. The number of halogens is 2. The summed E-state index contributed by atoms with van der Waals surface area (Å²) in [4.78, 5) is 31.3. The number of carbonyl (C=O) groups excluding carboxylic acids is 1. The minimum Gasteiger partial charge on any atom is -0.461 e. The van der Waals surface area contributed by atoms with E-state index in [1.54, 1.807) is 6.20 Å². The number of hydrogen-bond acceptors (Lipinski definition) is 8. The van der Waals surface area contributed by atoms with Gasteiger partial charge in [-0.15, -0.1) is 0 Å². The van der Waals surface area contributed by atoms with Crippen molar-refractivity contribution >= 4 is 33.6 Å². The Hall–Kier alpha value is -4.12. The summed E-state index contributed by atoms with van der Waals surface area (Å²) in [6, 6.07) is 11.9. The summed E-state index contributed by atoms with van der Waals surface area (Å²) in [7, 11) is 0. The number of carbonyl (C=O) groups is 1. The number of nitrogens with zero attached hydrogens (tertiary/aromatic N) is 5. The van der Waals surface area contributed by atoms with Crippen LogP contribution in [0.25, 0.3) is 32.9 Å². The van der Waals surface area contributed by atoms with Gasteiger partial charge in [-0.3, -0.25) is 9.88 Å². The first-order chi connectivity index (χ1) is 21.9. The molecule has 3 saturated heterocycles. The molecular weight excluding hydrogens is 578 g/mol. The van der Waals surface area contributed by atoms with Crippen molar-refractivity contribution in [1.82, 2.24) is 25.2 Å². The third-order valence-electron chi connectivity index (χ3n) is 10.7. The Morgan fingerprint density at radius 1 is 1.11 bits per heavy atom. The molecule has 4 fully saturated rings. The molecule has 2 aromatic carbocycles. The van der Waals surface area contributed by atoms with Crippen molar-refractivity contribution in [3.05, 3.63) is 54.0 Å². The molecule has 1 amide bonds. The number of aromatic nitrogens is 3. The van der Waals surface area contributed by atoms with Crippen molar-refractivity contribution in [2.45, 2.75) is 55.8 Å². The molecule has 0 unspecified atom stereocenters. The zero-order valence-electron chi connectivity index (χ0n) is 24.9. The van der Waals surface area contributed by atoms with Gasteiger partial charge in [0.2, 0.25) is 0 Å². The minimum absolute atomic E-state index is 0.0654. The Morgan fingerprint density at radius 3 is 2.91 bits per heavy atom. The van der Waals surface area contributed by atoms with Crippen LogP contribution in [-0.4, -0.2) is 82.6 Å². The Morgan fingerprint density at radius 2 is 2.00 bits per heavy atom. The number of aryl methyl sites for hydroxylation is 1. The smallest absolute Gasteiger partial charge is 0.407 e. The van der Waals surface area contributed by atoms with Gasteiger partial charge in [0.15, 0.2) is 5.82 Å². The van der Waals surface area contributed by atoms with E-state index in [9.17, 15) is 9.18 Å². The lowest BCUT2D eigenvalue weighted by atomic mass is 9.94. The molecule has 6 bridgehead atoms. The van der Waals surface area contributed by atoms with Crippen molar-refractivity contribution in [2.24, 2.45) is 5.92 Å². The van der Waals surface area contributed by atoms with Crippen LogP contribution >= 0.6 is 0 Å². The molecule has 4 atom stereocenters. The summed E-state index contributed by atoms with van der Waals surface area (Å²) < 4.78 is 43.2. The fourth-order valence-corrected chi connectivity index (χ4v) is 8.49. The molecule has 10 rings (SSSR count). The maximum Gasteiger partial charge on any atom is 0.407 e. The molecule has 1 aliphatic carbocycles. The topological polar surface area (TPSA) is 92.7 Å². The van der Waals surface area contributed by atoms with Crippen LogP contribution in [0.15, 0.2) is 42.6 Å². The van der Waals surface area contributed by atoms with Gasteiger partial charge in [-0.1, -0.05) is 36.4 Å². The van der Waals surface area contributed by atoms with Crippen molar-refractivity contribution in [3.8, 4) is 17.3 Å². The van der Waals surface area contributed by atoms with E-state index in [0.717, 1.165) is 42.1 Å². The first kappa shape index (κ1) is 27.2. The molecule has 45 heavy (non-hydrogen) atoms. The maximum atomic E-state index is 16.8. The van der Waals surface area contributed by atoms with E-state index in [1.165, 1.54) is 0 Å². The van der Waals surface area contributed by atoms with Crippen LogP contribution in [0.2, 0.25) is 0 Å². The number of alkyl carbamates (subject to hydrolysis) is 1. The zero-order valence-corrected chi connectivity index (χ0v) is 24.9. The largest absolute Gasteiger partial charge is 0.461 e. The quantitative estimate of drug-likeness (QED) is 0.338. The first-order valence-electron chi connectivity index (χ1n) is 16.0. The number of benzene rings is 2. The van der Waals surface area contributed by atoms with Gasteiger partial charge >= 0.3 is 12.1 Å². The Balaban J connectivity index is 1.19. The van der Waals surface area contributed by atoms with E-state index in [2.05, 4.69) is 20.1 Å². The first-order valence-corrected chi connectivity index (χ1v) is 16.0. The second-order valence-corrected chi connectivity index (χ2v) is 13.5. The molecule has 232 valence electrons. The zero-order chi connectivity index (χ0) is 30.3. The molecule has 5 aliphatic heterocycles. The fraction of sp³-hybridized carbons (Fsp3) is 0.471. The van der Waals surface area contributed by atoms with Crippen molar-refractivity contribution in [2.75, 3.05) is 44.3 Å². The molecule has 4 aromatic rings. The van der Waals surface area contributed by atoms with Gasteiger partial charge in [0.25, 0.3) is 0 Å². The predicted molar refractivity (Wildman–Crippen MR) is 165 cm³/mol. The van der Waals surface area contributed by atoms with E-state index in [0.29, 0.717) is 55.7 Å². The number of piperidine rings is 1. The van der Waals surface area contributed by atoms with E-state index in [4.69, 9.17) is 19.4 Å². The number of nitrogens with one attached hydrogen (secondary N) is 1. The number of anilines is 1. The second kappa shape index (κ2) is 9.94. The van der Waals surface area contributed by atoms with Gasteiger partial charge in [-0.25, -0.2) is 13.6 Å². The van der Waals surface area contributed by atoms with Crippen LogP contribution in [0, 0.1) is 11.7 Å². The van der Waals surface area contributed by atoms with Crippen molar-refractivity contribution < 1.29 is 23.0 Å². The molecule has 0 radical (unpaired) electrons. The lowest BCUT2D eigenvalue weighted by Crippen LogP contribution is -2.43. The van der Waals surface area contributed by atoms with Gasteiger partial charge in [0.1, 0.15) is 29.8 Å². The average molecular weight is 613 g/mol. The predicted octanol–water partition coefficient (Wildman–Crippen LogP) is 5.19. The van der Waals surface area contributed by atoms with Crippen LogP contribution in [-0.2, 0) is 11.2 Å². The number of alkyl halides is 1. The highest BCUT2D eigenvalue weighted by atomic mass is 19.1. The van der Waals surface area contributed by atoms with E-state index in [-0.39, 0.29) is 36.4 Å². The SMILES string of the molecule is O=C1N[C@]23C[C@H]2CN(C3)c2nc(OC[C@@]34CCCN3C[C@H](F)C4)nc3c(F)c(ncc23)-c2cccc3cccc(c23)CCCO1. The van der Waals surface area contributed by atoms with Gasteiger partial charge in [-0.2, -0.15) is 9.97 Å². The number of pyridine rings is 1. The van der Waals surface area contributed by atoms with Gasteiger partial charge in [-0.05, 0) is 55.0 Å². The molecule has 6 aliphatic rings. The van der Waals surface area contributed by atoms with Gasteiger partial charge < -0.3 is 19.7 Å². The van der Waals surface area contributed by atoms with Gasteiger partial charge in [0.05, 0.1) is 23.1 Å². The van der Waals surface area contributed by atoms with Crippen LogP contribution in [0.1, 0.15) is 37.7 Å². The standard InChI is InChI=1S/C34H34F2N6O3/c35-23-14-33(10-4-11-42(33)17-23)19-45-31-38-29-25-15-37-28(27(29)36)24-9-2-7-20-5-1-6-21(26(20)24)8-3-12-44-32(43)40-34-13-22(34)16-41(18-34)30(25)39-31/h1-2,5-7,9,15,22-23H,3-4,8,10-14,16-19H2,(H,40,43)/t22-,23+,33-,34-/m0/s1. The van der Waals surface area contributed by atoms with E-state index < -0.39 is 29.2 Å². The Labute approximate surface area is 258 Å². The lowest BCUT2D eigenvalue weighted by molar-refractivity contribution is 0.107. The molecule has 1 saturated carbocycles. The second-order valence-electron chi connectivity index (χ2n) is 13.5. The van der Waals surface area contributed by atoms with Crippen LogP contribution in [0.4, 0.5) is 19.4 Å². The van der Waals surface area contributed by atoms with Crippen LogP contribution < -0.4 is 15.0 Å². The molecule has 9 nitrogen and oxygen atoms in total. The molecule has 1 spiro atoms. The molecule has 2 aromatic heterocycles. The number of hydrogen-bond donors (Lipinski definition) is 1. The monoisotopic (exact) mass is 612 g/mol. The Kier molecular flexibility index (Phi) is 6.01. The van der Waals surface area contributed by atoms with Crippen LogP contribution in [0.5, 0.6) is 6.01 Å². The van der Waals surface area contributed by atoms with Gasteiger partial charge in [0, 0.05) is 43.7 Å². The summed E-state index contributed by atoms with van der Waals surface area (Å²) in [6.07, 6.45) is 4.74. The maximum absolute atomic E-state index is 16.8. The summed E-state index contributed by atoms with van der Waals surface area (Å²) in [5, 5.41) is 5.49. The summed E-state index contributed by atoms with van der Waals surface area (Å²) in [5.74, 6) is 0.215. The summed E-state index contributed by atoms with van der Waals surface area (Å²) >= 11 is 0. The number of ether oxygens (including phenoxy) is 2. The minimum atomic E-state index is -0.888. The average Bonchev–Trinajstić information content (AvgIpc) is 3.27. The van der Waals surface area contributed by atoms with E-state index >= 15 is 4.39 Å². The van der Waals surface area contributed by atoms with E-state index in [1.807, 2.05) is 36.4 Å². The lowest BCUT2D eigenvalue weighted by Gasteiger charge is -2.31. The number of fused-ring (bicyclic) bond motifs is 7.